The Morgan fingerprint density at radius 2 is 1.82 bits per heavy atom. The summed E-state index contributed by atoms with van der Waals surface area (Å²) in [5, 5.41) is 6.08. The van der Waals surface area contributed by atoms with Crippen LogP contribution in [-0.4, -0.2) is 53.8 Å². The normalized spacial score (nSPS) is 13.2. The van der Waals surface area contributed by atoms with Gasteiger partial charge >= 0.3 is 5.97 Å². The number of fused-ring (bicyclic) bond motifs is 1. The van der Waals surface area contributed by atoms with Gasteiger partial charge in [0, 0.05) is 12.3 Å². The molecule has 0 saturated carbocycles. The van der Waals surface area contributed by atoms with Crippen molar-refractivity contribution in [2.75, 3.05) is 13.7 Å². The molecule has 1 aromatic heterocycles. The third-order valence-electron chi connectivity index (χ3n) is 6.22. The number of benzene rings is 1. The lowest BCUT2D eigenvalue weighted by Crippen LogP contribution is -2.47. The Kier molecular flexibility index (Phi) is 12.0. The summed E-state index contributed by atoms with van der Waals surface area (Å²) in [4.78, 5) is 54.7. The van der Waals surface area contributed by atoms with Gasteiger partial charge in [-0.1, -0.05) is 43.4 Å². The van der Waals surface area contributed by atoms with Crippen LogP contribution in [0.15, 0.2) is 54.6 Å². The van der Waals surface area contributed by atoms with Gasteiger partial charge < -0.3 is 20.1 Å². The van der Waals surface area contributed by atoms with Crippen molar-refractivity contribution >= 4 is 34.5 Å². The highest BCUT2D eigenvalue weighted by Gasteiger charge is 2.25. The molecule has 9 heteroatoms. The van der Waals surface area contributed by atoms with Gasteiger partial charge in [0.15, 0.2) is 5.78 Å². The number of pyridine rings is 1. The monoisotopic (exact) mass is 551 g/mol. The molecule has 0 aliphatic heterocycles. The van der Waals surface area contributed by atoms with Gasteiger partial charge in [-0.3, -0.25) is 19.2 Å². The number of methoxy groups -OCH3 is 1. The van der Waals surface area contributed by atoms with E-state index in [-0.39, 0.29) is 48.0 Å². The number of esters is 1. The van der Waals surface area contributed by atoms with E-state index in [4.69, 9.17) is 9.47 Å². The smallest absolute Gasteiger partial charge is 0.306 e. The van der Waals surface area contributed by atoms with E-state index >= 15 is 0 Å². The van der Waals surface area contributed by atoms with Crippen molar-refractivity contribution in [2.45, 2.75) is 71.9 Å². The maximum absolute atomic E-state index is 13.0. The minimum absolute atomic E-state index is 0.146. The fourth-order valence-electron chi connectivity index (χ4n) is 4.41. The number of aromatic nitrogens is 1. The molecule has 2 amide bonds. The van der Waals surface area contributed by atoms with E-state index in [1.54, 1.807) is 12.1 Å². The van der Waals surface area contributed by atoms with Gasteiger partial charge in [-0.05, 0) is 64.2 Å². The first kappa shape index (κ1) is 32.2. The van der Waals surface area contributed by atoms with Gasteiger partial charge in [0.2, 0.25) is 17.7 Å². The zero-order chi connectivity index (χ0) is 29.9. The average molecular weight is 552 g/mol. The topological polar surface area (TPSA) is 124 Å². The largest absolute Gasteiger partial charge is 0.480 e. The molecule has 40 heavy (non-hydrogen) atoms. The van der Waals surface area contributed by atoms with Gasteiger partial charge in [-0.2, -0.15) is 0 Å². The van der Waals surface area contributed by atoms with Crippen LogP contribution in [0.5, 0.6) is 5.88 Å². The Morgan fingerprint density at radius 1 is 1.12 bits per heavy atom. The predicted molar refractivity (Wildman–Crippen MR) is 155 cm³/mol. The quantitative estimate of drug-likeness (QED) is 0.198. The first-order valence-electron chi connectivity index (χ1n) is 13.4. The zero-order valence-corrected chi connectivity index (χ0v) is 24.3. The Bertz CT molecular complexity index is 1260. The summed E-state index contributed by atoms with van der Waals surface area (Å²) in [6.07, 6.45) is 5.23. The van der Waals surface area contributed by atoms with Crippen LogP contribution >= 0.6 is 0 Å². The molecule has 0 aliphatic carbocycles. The van der Waals surface area contributed by atoms with Gasteiger partial charge in [0.1, 0.15) is 11.6 Å². The van der Waals surface area contributed by atoms with Crippen molar-refractivity contribution in [3.63, 3.8) is 0 Å². The number of Topliss-reactive ketones (excluding diaryl/α,β-unsaturated/α-hetero) is 1. The maximum atomic E-state index is 13.0. The summed E-state index contributed by atoms with van der Waals surface area (Å²) in [6, 6.07) is 8.18. The SMILES string of the molecule is C=CC(=CC)C(CCCC(NC(C)=O)C(=O)NCC(=O)c1cc2ccccc2nc1OC)CC(=O)OC(C)(C)C. The second-order valence-corrected chi connectivity index (χ2v) is 10.5. The molecular weight excluding hydrogens is 510 g/mol. The number of amides is 2. The lowest BCUT2D eigenvalue weighted by molar-refractivity contribution is -0.155. The van der Waals surface area contributed by atoms with E-state index in [1.165, 1.54) is 14.0 Å². The fraction of sp³-hybridized carbons (Fsp3) is 0.452. The van der Waals surface area contributed by atoms with Gasteiger partial charge in [-0.25, -0.2) is 4.98 Å². The summed E-state index contributed by atoms with van der Waals surface area (Å²) < 4.78 is 10.8. The average Bonchev–Trinajstić information content (AvgIpc) is 2.89. The van der Waals surface area contributed by atoms with Gasteiger partial charge in [0.25, 0.3) is 0 Å². The molecule has 216 valence electrons. The lowest BCUT2D eigenvalue weighted by Gasteiger charge is -2.24. The van der Waals surface area contributed by atoms with Crippen LogP contribution in [0.2, 0.25) is 0 Å². The maximum Gasteiger partial charge on any atom is 0.306 e. The molecule has 9 nitrogen and oxygen atoms in total. The molecule has 0 bridgehead atoms. The van der Waals surface area contributed by atoms with E-state index in [0.717, 1.165) is 11.0 Å². The molecule has 1 heterocycles. The number of hydrogen-bond donors (Lipinski definition) is 2. The molecule has 2 unspecified atom stereocenters. The van der Waals surface area contributed by atoms with Crippen molar-refractivity contribution < 1.29 is 28.7 Å². The molecule has 0 radical (unpaired) electrons. The van der Waals surface area contributed by atoms with E-state index in [2.05, 4.69) is 22.2 Å². The molecule has 0 aliphatic rings. The van der Waals surface area contributed by atoms with Crippen molar-refractivity contribution in [3.05, 3.63) is 60.2 Å². The summed E-state index contributed by atoms with van der Waals surface area (Å²) in [7, 11) is 1.43. The molecule has 2 N–H and O–H groups in total. The van der Waals surface area contributed by atoms with E-state index in [9.17, 15) is 19.2 Å². The van der Waals surface area contributed by atoms with Crippen LogP contribution in [0, 0.1) is 5.92 Å². The molecular formula is C31H41N3O6. The highest BCUT2D eigenvalue weighted by Crippen LogP contribution is 2.25. The van der Waals surface area contributed by atoms with Gasteiger partial charge in [-0.15, -0.1) is 0 Å². The van der Waals surface area contributed by atoms with Crippen LogP contribution in [-0.2, 0) is 19.1 Å². The van der Waals surface area contributed by atoms with Crippen molar-refractivity contribution in [1.82, 2.24) is 15.6 Å². The first-order chi connectivity index (χ1) is 18.9. The number of ketones is 1. The summed E-state index contributed by atoms with van der Waals surface area (Å²) in [6.45, 7) is 12.2. The second kappa shape index (κ2) is 15.0. The third-order valence-corrected chi connectivity index (χ3v) is 6.22. The minimum atomic E-state index is -0.845. The Labute approximate surface area is 236 Å². The molecule has 2 atom stereocenters. The zero-order valence-electron chi connectivity index (χ0n) is 24.3. The molecule has 1 aromatic carbocycles. The molecule has 2 aromatic rings. The minimum Gasteiger partial charge on any atom is -0.480 e. The van der Waals surface area contributed by atoms with Crippen LogP contribution < -0.4 is 15.4 Å². The molecule has 0 saturated heterocycles. The third kappa shape index (κ3) is 9.94. The van der Waals surface area contributed by atoms with E-state index in [0.29, 0.717) is 24.8 Å². The van der Waals surface area contributed by atoms with E-state index in [1.807, 2.05) is 58.0 Å². The number of nitrogens with zero attached hydrogens (tertiary/aromatic N) is 1. The second-order valence-electron chi connectivity index (χ2n) is 10.5. The summed E-state index contributed by atoms with van der Waals surface area (Å²) in [5.41, 5.74) is 1.26. The number of para-hydroxylation sites is 1. The van der Waals surface area contributed by atoms with Crippen molar-refractivity contribution in [2.24, 2.45) is 5.92 Å². The Hall–Kier alpha value is -4.01. The fourth-order valence-corrected chi connectivity index (χ4v) is 4.41. The molecule has 2 rings (SSSR count). The highest BCUT2D eigenvalue weighted by molar-refractivity contribution is 6.04. The van der Waals surface area contributed by atoms with Crippen molar-refractivity contribution in [3.8, 4) is 5.88 Å². The summed E-state index contributed by atoms with van der Waals surface area (Å²) in [5.74, 6) is -1.49. The number of allylic oxidation sites excluding steroid dienone is 3. The van der Waals surface area contributed by atoms with Crippen LogP contribution in [0.1, 0.15) is 70.7 Å². The van der Waals surface area contributed by atoms with E-state index < -0.39 is 17.6 Å². The predicted octanol–water partition coefficient (Wildman–Crippen LogP) is 4.70. The molecule has 0 spiro atoms. The number of ether oxygens (including phenoxy) is 2. The number of carbonyl (C=O) groups is 4. The Balaban J connectivity index is 2.06. The lowest BCUT2D eigenvalue weighted by atomic mass is 9.89. The first-order valence-corrected chi connectivity index (χ1v) is 13.4. The highest BCUT2D eigenvalue weighted by atomic mass is 16.6. The summed E-state index contributed by atoms with van der Waals surface area (Å²) >= 11 is 0. The number of carbonyl (C=O) groups excluding carboxylic acids is 4. The van der Waals surface area contributed by atoms with Crippen LogP contribution in [0.25, 0.3) is 10.9 Å². The van der Waals surface area contributed by atoms with Crippen LogP contribution in [0.4, 0.5) is 0 Å². The number of hydrogen-bond acceptors (Lipinski definition) is 7. The Morgan fingerprint density at radius 3 is 2.42 bits per heavy atom. The number of nitrogens with one attached hydrogen (secondary N) is 2. The standard InChI is InChI=1S/C31H41N3O6/c1-8-21(9-2)22(18-28(37)40-31(4,5)6)14-12-16-26(33-20(3)35)29(38)32-19-27(36)24-17-23-13-10-11-15-25(23)34-30(24)39-7/h8-11,13,15,17,22,26H,1,12,14,16,18-19H2,2-7H3,(H,32,38)(H,33,35). The number of rotatable bonds is 14. The van der Waals surface area contributed by atoms with Crippen molar-refractivity contribution in [1.29, 1.82) is 0 Å². The van der Waals surface area contributed by atoms with Crippen LogP contribution in [0.3, 0.4) is 0 Å². The van der Waals surface area contributed by atoms with Gasteiger partial charge in [0.05, 0.1) is 31.2 Å². The molecule has 0 fully saturated rings.